The molecule has 0 unspecified atom stereocenters. The molecule has 0 aliphatic rings. The van der Waals surface area contributed by atoms with E-state index in [-0.39, 0.29) is 10.5 Å². The molecular formula is C19H18N2O4S2. The first-order chi connectivity index (χ1) is 12.8. The van der Waals surface area contributed by atoms with Gasteiger partial charge < -0.3 is 9.67 Å². The Labute approximate surface area is 161 Å². The van der Waals surface area contributed by atoms with Gasteiger partial charge in [-0.1, -0.05) is 30.0 Å². The smallest absolute Gasteiger partial charge is 0.335 e. The van der Waals surface area contributed by atoms with Crippen LogP contribution in [0.4, 0.5) is 0 Å². The van der Waals surface area contributed by atoms with Crippen LogP contribution >= 0.6 is 11.8 Å². The van der Waals surface area contributed by atoms with E-state index in [9.17, 15) is 18.3 Å². The molecule has 0 fully saturated rings. The van der Waals surface area contributed by atoms with E-state index in [1.807, 2.05) is 59.4 Å². The van der Waals surface area contributed by atoms with E-state index in [4.69, 9.17) is 5.14 Å². The lowest BCUT2D eigenvalue weighted by Crippen LogP contribution is -2.16. The topological polar surface area (TPSA) is 102 Å². The van der Waals surface area contributed by atoms with Gasteiger partial charge in [0, 0.05) is 28.7 Å². The molecular weight excluding hydrogens is 384 g/mol. The summed E-state index contributed by atoms with van der Waals surface area (Å²) in [4.78, 5) is 12.6. The molecule has 3 rings (SSSR count). The highest BCUT2D eigenvalue weighted by atomic mass is 32.2. The van der Waals surface area contributed by atoms with Crippen molar-refractivity contribution in [3.63, 3.8) is 0 Å². The van der Waals surface area contributed by atoms with E-state index >= 15 is 0 Å². The number of nitrogens with two attached hydrogens (primary N) is 1. The van der Waals surface area contributed by atoms with Gasteiger partial charge in [-0.15, -0.1) is 0 Å². The van der Waals surface area contributed by atoms with E-state index in [0.717, 1.165) is 11.0 Å². The van der Waals surface area contributed by atoms with Crippen LogP contribution in [0.15, 0.2) is 81.7 Å². The molecule has 1 aromatic heterocycles. The largest absolute Gasteiger partial charge is 0.478 e. The number of nitrogens with zero attached hydrogens (tertiary/aromatic N) is 1. The van der Waals surface area contributed by atoms with Crippen LogP contribution in [0.5, 0.6) is 0 Å². The van der Waals surface area contributed by atoms with Gasteiger partial charge in [0.1, 0.15) is 0 Å². The van der Waals surface area contributed by atoms with Gasteiger partial charge in [-0.05, 0) is 48.4 Å². The first-order valence-electron chi connectivity index (χ1n) is 8.11. The van der Waals surface area contributed by atoms with Gasteiger partial charge >= 0.3 is 5.97 Å². The lowest BCUT2D eigenvalue weighted by Gasteiger charge is -2.15. The zero-order chi connectivity index (χ0) is 19.4. The van der Waals surface area contributed by atoms with Gasteiger partial charge in [0.25, 0.3) is 0 Å². The Morgan fingerprint density at radius 3 is 2.33 bits per heavy atom. The van der Waals surface area contributed by atoms with Crippen molar-refractivity contribution in [1.29, 1.82) is 0 Å². The molecule has 0 amide bonds. The Morgan fingerprint density at radius 1 is 1.07 bits per heavy atom. The number of hydrogen-bond donors (Lipinski definition) is 2. The van der Waals surface area contributed by atoms with Crippen molar-refractivity contribution in [3.8, 4) is 0 Å². The fraction of sp³-hybridized carbons (Fsp3) is 0.105. The SMILES string of the molecule is NS(=O)(=O)c1cc(C(=O)O)cc(CCn2cccc2)c1Sc1ccccc1. The number of sulfonamides is 1. The van der Waals surface area contributed by atoms with Gasteiger partial charge in [0.15, 0.2) is 0 Å². The average molecular weight is 402 g/mol. The van der Waals surface area contributed by atoms with Gasteiger partial charge in [-0.2, -0.15) is 0 Å². The monoisotopic (exact) mass is 402 g/mol. The summed E-state index contributed by atoms with van der Waals surface area (Å²) >= 11 is 1.26. The molecule has 3 aromatic rings. The number of benzene rings is 2. The van der Waals surface area contributed by atoms with Crippen molar-refractivity contribution >= 4 is 27.8 Å². The third-order valence-corrected chi connectivity index (χ3v) is 6.21. The standard InChI is InChI=1S/C19H18N2O4S2/c20-27(24,25)17-13-15(19(22)23)12-14(8-11-21-9-4-5-10-21)18(17)26-16-6-2-1-3-7-16/h1-7,9-10,12-13H,8,11H2,(H,22,23)(H2,20,24,25). The molecule has 0 spiro atoms. The summed E-state index contributed by atoms with van der Waals surface area (Å²) in [6.45, 7) is 0.586. The van der Waals surface area contributed by atoms with Crippen LogP contribution in [0.25, 0.3) is 0 Å². The molecule has 0 saturated heterocycles. The predicted molar refractivity (Wildman–Crippen MR) is 103 cm³/mol. The second-order valence-electron chi connectivity index (χ2n) is 5.90. The Bertz CT molecular complexity index is 1050. The molecule has 2 aromatic carbocycles. The molecule has 0 aliphatic heterocycles. The van der Waals surface area contributed by atoms with Crippen LogP contribution in [0.3, 0.4) is 0 Å². The summed E-state index contributed by atoms with van der Waals surface area (Å²) < 4.78 is 26.3. The Balaban J connectivity index is 2.11. The Morgan fingerprint density at radius 2 is 1.74 bits per heavy atom. The van der Waals surface area contributed by atoms with Crippen molar-refractivity contribution < 1.29 is 18.3 Å². The van der Waals surface area contributed by atoms with Crippen LogP contribution in [0, 0.1) is 0 Å². The number of aryl methyl sites for hydroxylation is 2. The molecule has 3 N–H and O–H groups in total. The maximum Gasteiger partial charge on any atom is 0.335 e. The van der Waals surface area contributed by atoms with Crippen LogP contribution in [-0.2, 0) is 23.0 Å². The van der Waals surface area contributed by atoms with E-state index in [2.05, 4.69) is 0 Å². The molecule has 0 bridgehead atoms. The number of carboxylic acids is 1. The summed E-state index contributed by atoms with van der Waals surface area (Å²) in [7, 11) is -4.10. The quantitative estimate of drug-likeness (QED) is 0.632. The lowest BCUT2D eigenvalue weighted by molar-refractivity contribution is 0.0696. The summed E-state index contributed by atoms with van der Waals surface area (Å²) in [5.41, 5.74) is 0.528. The average Bonchev–Trinajstić information content (AvgIpc) is 3.14. The Hall–Kier alpha value is -2.55. The summed E-state index contributed by atoms with van der Waals surface area (Å²) in [6, 6.07) is 15.7. The third-order valence-electron chi connectivity index (χ3n) is 3.95. The van der Waals surface area contributed by atoms with Crippen molar-refractivity contribution in [2.75, 3.05) is 0 Å². The summed E-state index contributed by atoms with van der Waals surface area (Å²) in [6.07, 6.45) is 4.25. The van der Waals surface area contributed by atoms with Gasteiger partial charge in [0.05, 0.1) is 10.5 Å². The lowest BCUT2D eigenvalue weighted by atomic mass is 10.1. The highest BCUT2D eigenvalue weighted by molar-refractivity contribution is 8.00. The van der Waals surface area contributed by atoms with Crippen LogP contribution < -0.4 is 5.14 Å². The van der Waals surface area contributed by atoms with Gasteiger partial charge in [-0.3, -0.25) is 0 Å². The van der Waals surface area contributed by atoms with Gasteiger partial charge in [0.2, 0.25) is 10.0 Å². The fourth-order valence-corrected chi connectivity index (χ4v) is 4.81. The maximum absolute atomic E-state index is 12.2. The van der Waals surface area contributed by atoms with E-state index < -0.39 is 16.0 Å². The maximum atomic E-state index is 12.2. The second-order valence-corrected chi connectivity index (χ2v) is 8.51. The van der Waals surface area contributed by atoms with Crippen LogP contribution in [0.1, 0.15) is 15.9 Å². The van der Waals surface area contributed by atoms with E-state index in [1.165, 1.54) is 17.8 Å². The molecule has 0 atom stereocenters. The Kier molecular flexibility index (Phi) is 5.69. The molecule has 27 heavy (non-hydrogen) atoms. The molecule has 0 radical (unpaired) electrons. The van der Waals surface area contributed by atoms with Crippen molar-refractivity contribution in [3.05, 3.63) is 78.1 Å². The molecule has 0 saturated carbocycles. The third kappa shape index (κ3) is 4.79. The summed E-state index contributed by atoms with van der Waals surface area (Å²) in [5.74, 6) is -1.20. The van der Waals surface area contributed by atoms with Crippen molar-refractivity contribution in [2.24, 2.45) is 5.14 Å². The van der Waals surface area contributed by atoms with Crippen molar-refractivity contribution in [1.82, 2.24) is 4.57 Å². The first kappa shape index (κ1) is 19.2. The van der Waals surface area contributed by atoms with Crippen LogP contribution in [0.2, 0.25) is 0 Å². The molecule has 8 heteroatoms. The number of carboxylic acid groups (broad SMARTS) is 1. The molecule has 140 valence electrons. The number of carbonyl (C=O) groups is 1. The molecule has 6 nitrogen and oxygen atoms in total. The minimum Gasteiger partial charge on any atom is -0.478 e. The number of rotatable bonds is 7. The zero-order valence-corrected chi connectivity index (χ0v) is 15.9. The van der Waals surface area contributed by atoms with Crippen LogP contribution in [-0.4, -0.2) is 24.1 Å². The number of aromatic nitrogens is 1. The summed E-state index contributed by atoms with van der Waals surface area (Å²) in [5, 5.41) is 14.8. The number of primary sulfonamides is 1. The minimum atomic E-state index is -4.10. The van der Waals surface area contributed by atoms with Crippen molar-refractivity contribution in [2.45, 2.75) is 27.7 Å². The van der Waals surface area contributed by atoms with E-state index in [0.29, 0.717) is 23.4 Å². The number of hydrogen-bond acceptors (Lipinski definition) is 4. The van der Waals surface area contributed by atoms with E-state index in [1.54, 1.807) is 0 Å². The zero-order valence-electron chi connectivity index (χ0n) is 14.3. The molecule has 1 heterocycles. The highest BCUT2D eigenvalue weighted by Crippen LogP contribution is 2.36. The number of aromatic carboxylic acids is 1. The highest BCUT2D eigenvalue weighted by Gasteiger charge is 2.22. The fourth-order valence-electron chi connectivity index (χ4n) is 2.67. The predicted octanol–water partition coefficient (Wildman–Crippen LogP) is 3.23. The van der Waals surface area contributed by atoms with Gasteiger partial charge in [-0.25, -0.2) is 18.4 Å². The molecule has 0 aliphatic carbocycles. The second kappa shape index (κ2) is 7.99. The normalized spacial score (nSPS) is 11.4. The minimum absolute atomic E-state index is 0.0982. The first-order valence-corrected chi connectivity index (χ1v) is 10.5.